The Kier molecular flexibility index (Phi) is 11.1. The third kappa shape index (κ3) is 7.75. The lowest BCUT2D eigenvalue weighted by Gasteiger charge is -2.20. The second-order valence-corrected chi connectivity index (χ2v) is 6.53. The van der Waals surface area contributed by atoms with Gasteiger partial charge < -0.3 is 24.7 Å². The molecule has 2 heterocycles. The molecule has 2 unspecified atom stereocenters. The second kappa shape index (κ2) is 12.4. The quantitative estimate of drug-likeness (QED) is 0.243. The van der Waals surface area contributed by atoms with Crippen LogP contribution in [0.25, 0.3) is 0 Å². The number of aromatic nitrogens is 3. The smallest absolute Gasteiger partial charge is 0.191 e. The monoisotopic (exact) mass is 480 g/mol. The molecule has 1 fully saturated rings. The fraction of sp³-hybridized carbons (Fsp3) is 0.824. The molecule has 0 spiro atoms. The Morgan fingerprint density at radius 3 is 2.88 bits per heavy atom. The highest BCUT2D eigenvalue weighted by atomic mass is 127. The lowest BCUT2D eigenvalue weighted by Crippen LogP contribution is -2.45. The molecule has 2 N–H and O–H groups in total. The van der Waals surface area contributed by atoms with Crippen LogP contribution in [0.4, 0.5) is 0 Å². The minimum atomic E-state index is 0. The number of hydrogen-bond acceptors (Lipinski definition) is 5. The number of halogens is 1. The Hall–Kier alpha value is -0.940. The van der Waals surface area contributed by atoms with Crippen LogP contribution in [-0.4, -0.2) is 59.2 Å². The van der Waals surface area contributed by atoms with Gasteiger partial charge in [-0.05, 0) is 26.7 Å². The minimum absolute atomic E-state index is 0. The van der Waals surface area contributed by atoms with Crippen LogP contribution in [0.15, 0.2) is 4.99 Å². The molecule has 2 atom stereocenters. The number of guanidine groups is 1. The van der Waals surface area contributed by atoms with Crippen molar-refractivity contribution in [2.24, 2.45) is 12.0 Å². The van der Waals surface area contributed by atoms with E-state index in [1.807, 2.05) is 18.5 Å². The summed E-state index contributed by atoms with van der Waals surface area (Å²) < 4.78 is 13.2. The van der Waals surface area contributed by atoms with Crippen LogP contribution in [0, 0.1) is 6.92 Å². The van der Waals surface area contributed by atoms with Crippen LogP contribution in [-0.2, 0) is 23.1 Å². The fourth-order valence-corrected chi connectivity index (χ4v) is 2.47. The normalized spacial score (nSPS) is 18.5. The molecule has 1 aliphatic rings. The van der Waals surface area contributed by atoms with E-state index in [-0.39, 0.29) is 36.1 Å². The molecule has 26 heavy (non-hydrogen) atoms. The highest BCUT2D eigenvalue weighted by Crippen LogP contribution is 2.08. The van der Waals surface area contributed by atoms with E-state index in [1.54, 1.807) is 0 Å². The third-order valence-electron chi connectivity index (χ3n) is 4.24. The number of nitrogens with zero attached hydrogens (tertiary/aromatic N) is 4. The molecule has 150 valence electrons. The van der Waals surface area contributed by atoms with Gasteiger partial charge >= 0.3 is 0 Å². The van der Waals surface area contributed by atoms with Crippen molar-refractivity contribution in [3.8, 4) is 0 Å². The van der Waals surface area contributed by atoms with E-state index in [0.29, 0.717) is 19.8 Å². The van der Waals surface area contributed by atoms with Gasteiger partial charge in [0.05, 0.1) is 19.3 Å². The van der Waals surface area contributed by atoms with Gasteiger partial charge in [-0.1, -0.05) is 13.3 Å². The van der Waals surface area contributed by atoms with Crippen molar-refractivity contribution in [3.63, 3.8) is 0 Å². The van der Waals surface area contributed by atoms with Gasteiger partial charge in [-0.15, -0.1) is 34.2 Å². The molecule has 0 bridgehead atoms. The molecule has 0 amide bonds. The maximum Gasteiger partial charge on any atom is 0.191 e. The first kappa shape index (κ1) is 23.1. The maximum absolute atomic E-state index is 5.88. The predicted octanol–water partition coefficient (Wildman–Crippen LogP) is 1.77. The van der Waals surface area contributed by atoms with Gasteiger partial charge in [0.1, 0.15) is 12.4 Å². The van der Waals surface area contributed by atoms with Crippen LogP contribution in [0.3, 0.4) is 0 Å². The Balaban J connectivity index is 0.00000338. The Morgan fingerprint density at radius 1 is 1.46 bits per heavy atom. The molecular weight excluding hydrogens is 447 g/mol. The molecule has 0 radical (unpaired) electrons. The fourth-order valence-electron chi connectivity index (χ4n) is 2.47. The Bertz CT molecular complexity index is 545. The van der Waals surface area contributed by atoms with Gasteiger partial charge in [-0.3, -0.25) is 0 Å². The first-order valence-corrected chi connectivity index (χ1v) is 9.19. The van der Waals surface area contributed by atoms with Crippen molar-refractivity contribution < 1.29 is 9.47 Å². The molecule has 0 aliphatic carbocycles. The van der Waals surface area contributed by atoms with Crippen LogP contribution >= 0.6 is 24.0 Å². The van der Waals surface area contributed by atoms with Gasteiger partial charge in [0.15, 0.2) is 11.8 Å². The number of rotatable bonds is 9. The van der Waals surface area contributed by atoms with Crippen LogP contribution < -0.4 is 10.6 Å². The summed E-state index contributed by atoms with van der Waals surface area (Å²) in [7, 11) is 1.96. The number of hydrogen-bond donors (Lipinski definition) is 2. The summed E-state index contributed by atoms with van der Waals surface area (Å²) in [6.45, 7) is 9.72. The van der Waals surface area contributed by atoms with E-state index in [2.05, 4.69) is 39.7 Å². The van der Waals surface area contributed by atoms with E-state index in [1.165, 1.54) is 0 Å². The zero-order valence-electron chi connectivity index (χ0n) is 16.3. The summed E-state index contributed by atoms with van der Waals surface area (Å²) >= 11 is 0. The van der Waals surface area contributed by atoms with Crippen molar-refractivity contribution in [3.05, 3.63) is 11.6 Å². The molecule has 2 rings (SSSR count). The van der Waals surface area contributed by atoms with Gasteiger partial charge in [-0.2, -0.15) is 0 Å². The first-order chi connectivity index (χ1) is 12.1. The predicted molar refractivity (Wildman–Crippen MR) is 113 cm³/mol. The molecule has 9 heteroatoms. The van der Waals surface area contributed by atoms with E-state index in [9.17, 15) is 0 Å². The molecule has 8 nitrogen and oxygen atoms in total. The van der Waals surface area contributed by atoms with Crippen molar-refractivity contribution in [2.45, 2.75) is 58.7 Å². The molecule has 1 saturated heterocycles. The Morgan fingerprint density at radius 2 is 2.27 bits per heavy atom. The number of aryl methyl sites for hydroxylation is 1. The van der Waals surface area contributed by atoms with Crippen molar-refractivity contribution >= 4 is 29.9 Å². The van der Waals surface area contributed by atoms with Gasteiger partial charge in [0.2, 0.25) is 0 Å². The zero-order chi connectivity index (χ0) is 18.1. The Labute approximate surface area is 173 Å². The summed E-state index contributed by atoms with van der Waals surface area (Å²) in [5.74, 6) is 2.52. The lowest BCUT2D eigenvalue weighted by molar-refractivity contribution is 0.0347. The highest BCUT2D eigenvalue weighted by Gasteiger charge is 2.17. The standard InChI is InChI=1S/C17H32N6O2.HI/c1-5-6-8-18-17(19-10-16-22-21-14(3)23(16)4)20-13(2)11-25-15-7-9-24-12-15;/h13,15H,5-12H2,1-4H3,(H2,18,19,20);1H. The third-order valence-corrected chi connectivity index (χ3v) is 4.24. The van der Waals surface area contributed by atoms with Gasteiger partial charge in [0.25, 0.3) is 0 Å². The largest absolute Gasteiger partial charge is 0.379 e. The number of aliphatic imine (C=N–C) groups is 1. The number of ether oxygens (including phenoxy) is 2. The molecule has 0 aromatic carbocycles. The van der Waals surface area contributed by atoms with Gasteiger partial charge in [0, 0.05) is 26.2 Å². The SMILES string of the molecule is CCCCNC(=NCc1nnc(C)n1C)NC(C)COC1CCOC1.I. The average Bonchev–Trinajstić information content (AvgIpc) is 3.22. The highest BCUT2D eigenvalue weighted by molar-refractivity contribution is 14.0. The molecule has 1 aromatic rings. The second-order valence-electron chi connectivity index (χ2n) is 6.53. The van der Waals surface area contributed by atoms with E-state index in [4.69, 9.17) is 9.47 Å². The minimum Gasteiger partial charge on any atom is -0.379 e. The zero-order valence-corrected chi connectivity index (χ0v) is 18.7. The topological polar surface area (TPSA) is 85.6 Å². The number of unbranched alkanes of at least 4 members (excludes halogenated alkanes) is 1. The number of nitrogens with one attached hydrogen (secondary N) is 2. The molecule has 1 aliphatic heterocycles. The van der Waals surface area contributed by atoms with Crippen LogP contribution in [0.1, 0.15) is 44.8 Å². The van der Waals surface area contributed by atoms with E-state index >= 15 is 0 Å². The summed E-state index contributed by atoms with van der Waals surface area (Å²) in [5.41, 5.74) is 0. The molecule has 1 aromatic heterocycles. The summed E-state index contributed by atoms with van der Waals surface area (Å²) in [6.07, 6.45) is 3.45. The van der Waals surface area contributed by atoms with Gasteiger partial charge in [-0.25, -0.2) is 4.99 Å². The van der Waals surface area contributed by atoms with Crippen LogP contribution in [0.2, 0.25) is 0 Å². The lowest BCUT2D eigenvalue weighted by atomic mass is 10.3. The van der Waals surface area contributed by atoms with Crippen molar-refractivity contribution in [1.82, 2.24) is 25.4 Å². The molecular formula is C17H33IN6O2. The van der Waals surface area contributed by atoms with Crippen LogP contribution in [0.5, 0.6) is 0 Å². The summed E-state index contributed by atoms with van der Waals surface area (Å²) in [4.78, 5) is 4.65. The summed E-state index contributed by atoms with van der Waals surface area (Å²) in [5, 5.41) is 15.0. The van der Waals surface area contributed by atoms with Crippen molar-refractivity contribution in [2.75, 3.05) is 26.4 Å². The summed E-state index contributed by atoms with van der Waals surface area (Å²) in [6, 6.07) is 0.162. The molecule has 0 saturated carbocycles. The van der Waals surface area contributed by atoms with E-state index in [0.717, 1.165) is 50.0 Å². The first-order valence-electron chi connectivity index (χ1n) is 9.19. The average molecular weight is 480 g/mol. The van der Waals surface area contributed by atoms with Crippen molar-refractivity contribution in [1.29, 1.82) is 0 Å². The maximum atomic E-state index is 5.88. The van der Waals surface area contributed by atoms with E-state index < -0.39 is 0 Å².